The fourth-order valence-electron chi connectivity index (χ4n) is 9.72. The third-order valence-corrected chi connectivity index (χ3v) is 13.0. The molecule has 1 aliphatic rings. The van der Waals surface area contributed by atoms with Crippen LogP contribution in [-0.2, 0) is 5.41 Å². The highest BCUT2D eigenvalue weighted by Crippen LogP contribution is 2.49. The molecule has 0 saturated heterocycles. The molecule has 1 aliphatic carbocycles. The first-order valence-corrected chi connectivity index (χ1v) is 23.4. The molecule has 9 aromatic carbocycles. The van der Waals surface area contributed by atoms with Crippen LogP contribution >= 0.6 is 0 Å². The van der Waals surface area contributed by atoms with E-state index >= 15 is 0 Å². The number of benzene rings is 9. The highest BCUT2D eigenvalue weighted by atomic mass is 16.3. The molecule has 0 N–H and O–H groups in total. The van der Waals surface area contributed by atoms with Gasteiger partial charge in [0.15, 0.2) is 0 Å². The van der Waals surface area contributed by atoms with E-state index in [9.17, 15) is 0 Å². The van der Waals surface area contributed by atoms with Crippen LogP contribution in [0.4, 0.5) is 17.1 Å². The molecule has 0 bridgehead atoms. The van der Waals surface area contributed by atoms with Crippen molar-refractivity contribution in [2.75, 3.05) is 4.90 Å². The summed E-state index contributed by atoms with van der Waals surface area (Å²) < 4.78 is 8.09. The first-order valence-electron chi connectivity index (χ1n) is 23.4. The molecular weight excluding hydrogens is 813 g/mol. The maximum Gasteiger partial charge on any atom is 0.133 e. The molecule has 0 fully saturated rings. The zero-order valence-electron chi connectivity index (χ0n) is 38.8. The van der Waals surface area contributed by atoms with E-state index in [1.54, 1.807) is 6.26 Å². The summed E-state index contributed by atoms with van der Waals surface area (Å²) in [6.07, 6.45) is 1.71. The number of nitrogens with zero attached hydrogens (tertiary/aromatic N) is 2. The van der Waals surface area contributed by atoms with Gasteiger partial charge >= 0.3 is 0 Å². The Balaban J connectivity index is 0.000000531. The lowest BCUT2D eigenvalue weighted by Gasteiger charge is -2.25. The molecule has 326 valence electrons. The zero-order valence-corrected chi connectivity index (χ0v) is 38.8. The Labute approximate surface area is 394 Å². The van der Waals surface area contributed by atoms with Crippen molar-refractivity contribution in [2.45, 2.75) is 40.0 Å². The third kappa shape index (κ3) is 8.15. The van der Waals surface area contributed by atoms with E-state index in [1.807, 2.05) is 44.2 Å². The highest BCUT2D eigenvalue weighted by Gasteiger charge is 2.35. The summed E-state index contributed by atoms with van der Waals surface area (Å²) in [7, 11) is 0. The first-order chi connectivity index (χ1) is 32.9. The molecule has 11 aromatic rings. The minimum Gasteiger partial charge on any atom is -0.464 e. The van der Waals surface area contributed by atoms with Crippen molar-refractivity contribution in [3.8, 4) is 50.4 Å². The summed E-state index contributed by atoms with van der Waals surface area (Å²) >= 11 is 0. The average Bonchev–Trinajstić information content (AvgIpc) is 4.10. The van der Waals surface area contributed by atoms with Gasteiger partial charge in [-0.2, -0.15) is 0 Å². The largest absolute Gasteiger partial charge is 0.464 e. The lowest BCUT2D eigenvalue weighted by atomic mass is 9.82. The maximum absolute atomic E-state index is 5.65. The van der Waals surface area contributed by atoms with Crippen molar-refractivity contribution in [1.29, 1.82) is 0 Å². The summed E-state index contributed by atoms with van der Waals surface area (Å²) in [5.41, 5.74) is 19.4. The van der Waals surface area contributed by atoms with Gasteiger partial charge in [-0.3, -0.25) is 0 Å². The Morgan fingerprint density at radius 2 is 0.970 bits per heavy atom. The number of aromatic nitrogens is 1. The molecule has 2 heterocycles. The van der Waals surface area contributed by atoms with Crippen molar-refractivity contribution >= 4 is 38.9 Å². The predicted octanol–water partition coefficient (Wildman–Crippen LogP) is 18.2. The van der Waals surface area contributed by atoms with E-state index in [1.165, 1.54) is 77.6 Å². The lowest BCUT2D eigenvalue weighted by Crippen LogP contribution is -2.15. The standard InChI is InChI=1S/C55H40N2O.C7H8.C2H6/c1-55(2)50-18-8-6-16-46(50)47-31-30-45(36-51(47)55)57-52-19-9-7-17-48(52)49-35-41(25-32-53(49)57)40-13-10-12-39(34-40)37-21-26-43(27-22-37)56(42-14-4-3-5-15-42)44-28-23-38(24-29-44)54-20-11-33-58-54;1-7-5-3-2-4-6-7;1-2/h3-36H,1-2H3;2-6H,1H3;1-2H3. The minimum atomic E-state index is -0.0616. The Hall–Kier alpha value is -8.14. The highest BCUT2D eigenvalue weighted by molar-refractivity contribution is 6.10. The number of rotatable bonds is 7. The Morgan fingerprint density at radius 1 is 0.403 bits per heavy atom. The second kappa shape index (κ2) is 18.4. The molecule has 0 atom stereocenters. The van der Waals surface area contributed by atoms with Gasteiger partial charge in [-0.1, -0.05) is 167 Å². The van der Waals surface area contributed by atoms with Crippen LogP contribution < -0.4 is 4.90 Å². The number of fused-ring (bicyclic) bond motifs is 6. The SMILES string of the molecule is CC.CC1(C)c2ccccc2-c2ccc(-n3c4ccccc4c4cc(-c5cccc(-c6ccc(N(c7ccccc7)c7ccc(-c8ccco8)cc7)cc6)c5)ccc43)cc21.Cc1ccccc1. The molecule has 0 spiro atoms. The van der Waals surface area contributed by atoms with Gasteiger partial charge in [0.05, 0.1) is 17.3 Å². The van der Waals surface area contributed by atoms with Crippen LogP contribution in [0.1, 0.15) is 44.4 Å². The number of hydrogen-bond acceptors (Lipinski definition) is 2. The van der Waals surface area contributed by atoms with E-state index < -0.39 is 0 Å². The number of furan rings is 1. The molecule has 3 nitrogen and oxygen atoms in total. The van der Waals surface area contributed by atoms with E-state index in [-0.39, 0.29) is 5.41 Å². The topological polar surface area (TPSA) is 21.3 Å². The van der Waals surface area contributed by atoms with E-state index in [2.05, 4.69) is 230 Å². The van der Waals surface area contributed by atoms with Crippen LogP contribution in [0.2, 0.25) is 0 Å². The number of para-hydroxylation sites is 2. The van der Waals surface area contributed by atoms with Crippen molar-refractivity contribution in [3.05, 3.63) is 253 Å². The van der Waals surface area contributed by atoms with Gasteiger partial charge in [-0.25, -0.2) is 0 Å². The van der Waals surface area contributed by atoms with Gasteiger partial charge in [0, 0.05) is 44.5 Å². The fraction of sp³-hybridized carbons (Fsp3) is 0.0938. The van der Waals surface area contributed by atoms with Crippen LogP contribution in [-0.4, -0.2) is 4.57 Å². The van der Waals surface area contributed by atoms with E-state index in [0.29, 0.717) is 0 Å². The van der Waals surface area contributed by atoms with Crippen LogP contribution in [0, 0.1) is 6.92 Å². The molecule has 0 saturated carbocycles. The van der Waals surface area contributed by atoms with Crippen LogP contribution in [0.3, 0.4) is 0 Å². The molecule has 0 amide bonds. The first kappa shape index (κ1) is 42.8. The summed E-state index contributed by atoms with van der Waals surface area (Å²) in [6, 6.07) is 82.7. The second-order valence-electron chi connectivity index (χ2n) is 17.5. The lowest BCUT2D eigenvalue weighted by molar-refractivity contribution is 0.582. The molecule has 2 aromatic heterocycles. The molecule has 0 aliphatic heterocycles. The summed E-state index contributed by atoms with van der Waals surface area (Å²) in [5, 5.41) is 2.51. The van der Waals surface area contributed by atoms with Gasteiger partial charge in [0.25, 0.3) is 0 Å². The third-order valence-electron chi connectivity index (χ3n) is 13.0. The Morgan fingerprint density at radius 3 is 1.66 bits per heavy atom. The van der Waals surface area contributed by atoms with Gasteiger partial charge < -0.3 is 13.9 Å². The van der Waals surface area contributed by atoms with Gasteiger partial charge in [-0.05, 0) is 148 Å². The Kier molecular flexibility index (Phi) is 11.7. The summed E-state index contributed by atoms with van der Waals surface area (Å²) in [5.74, 6) is 0.863. The van der Waals surface area contributed by atoms with Crippen molar-refractivity contribution < 1.29 is 4.42 Å². The number of hydrogen-bond donors (Lipinski definition) is 0. The van der Waals surface area contributed by atoms with Gasteiger partial charge in [0.1, 0.15) is 5.76 Å². The van der Waals surface area contributed by atoms with E-state index in [4.69, 9.17) is 4.42 Å². The fourth-order valence-corrected chi connectivity index (χ4v) is 9.72. The van der Waals surface area contributed by atoms with Gasteiger partial charge in [-0.15, -0.1) is 0 Å². The minimum absolute atomic E-state index is 0.0616. The molecule has 3 heteroatoms. The average molecular weight is 867 g/mol. The molecule has 67 heavy (non-hydrogen) atoms. The Bertz CT molecular complexity index is 3440. The van der Waals surface area contributed by atoms with Crippen molar-refractivity contribution in [2.24, 2.45) is 0 Å². The quantitative estimate of drug-likeness (QED) is 0.159. The van der Waals surface area contributed by atoms with Crippen LogP contribution in [0.5, 0.6) is 0 Å². The molecule has 12 rings (SSSR count). The van der Waals surface area contributed by atoms with Crippen LogP contribution in [0.25, 0.3) is 72.2 Å². The number of aryl methyl sites for hydroxylation is 1. The van der Waals surface area contributed by atoms with E-state index in [0.717, 1.165) is 28.4 Å². The smallest absolute Gasteiger partial charge is 0.133 e. The van der Waals surface area contributed by atoms with Crippen LogP contribution in [0.15, 0.2) is 241 Å². The normalized spacial score (nSPS) is 12.1. The van der Waals surface area contributed by atoms with Crippen molar-refractivity contribution in [1.82, 2.24) is 4.57 Å². The number of anilines is 3. The van der Waals surface area contributed by atoms with Gasteiger partial charge in [0.2, 0.25) is 0 Å². The molecule has 0 unspecified atom stereocenters. The summed E-state index contributed by atoms with van der Waals surface area (Å²) in [4.78, 5) is 2.29. The zero-order chi connectivity index (χ0) is 45.9. The predicted molar refractivity (Wildman–Crippen MR) is 284 cm³/mol. The monoisotopic (exact) mass is 866 g/mol. The molecule has 0 radical (unpaired) electrons. The molecular formula is C64H54N2O. The van der Waals surface area contributed by atoms with Crippen molar-refractivity contribution in [3.63, 3.8) is 0 Å². The second-order valence-corrected chi connectivity index (χ2v) is 17.5. The maximum atomic E-state index is 5.65. The summed E-state index contributed by atoms with van der Waals surface area (Å²) in [6.45, 7) is 10.8.